The van der Waals surface area contributed by atoms with Crippen LogP contribution < -0.4 is 5.32 Å². The van der Waals surface area contributed by atoms with Crippen LogP contribution in [-0.2, 0) is 24.1 Å². The van der Waals surface area contributed by atoms with Gasteiger partial charge in [0.15, 0.2) is 0 Å². The highest BCUT2D eigenvalue weighted by Crippen LogP contribution is 2.19. The van der Waals surface area contributed by atoms with Crippen LogP contribution in [0.25, 0.3) is 0 Å². The van der Waals surface area contributed by atoms with Crippen molar-refractivity contribution in [2.24, 2.45) is 0 Å². The molecule has 4 heteroatoms. The number of ether oxygens (including phenoxy) is 1. The highest BCUT2D eigenvalue weighted by Gasteiger charge is 2.16. The lowest BCUT2D eigenvalue weighted by Gasteiger charge is -2.11. The lowest BCUT2D eigenvalue weighted by molar-refractivity contribution is 0.199. The first kappa shape index (κ1) is 15.2. The Balaban J connectivity index is 2.85. The van der Waals surface area contributed by atoms with Gasteiger partial charge in [-0.25, -0.2) is 0 Å². The molecule has 0 radical (unpaired) electrons. The lowest BCUT2D eigenvalue weighted by atomic mass is 10.1. The predicted octanol–water partition coefficient (Wildman–Crippen LogP) is 2.32. The molecule has 18 heavy (non-hydrogen) atoms. The second kappa shape index (κ2) is 7.54. The molecule has 0 saturated carbocycles. The van der Waals surface area contributed by atoms with E-state index in [-0.39, 0.29) is 0 Å². The van der Waals surface area contributed by atoms with Gasteiger partial charge in [-0.3, -0.25) is 4.68 Å². The highest BCUT2D eigenvalue weighted by molar-refractivity contribution is 5.27. The Morgan fingerprint density at radius 1 is 1.28 bits per heavy atom. The van der Waals surface area contributed by atoms with Gasteiger partial charge < -0.3 is 10.1 Å². The Morgan fingerprint density at radius 2 is 2.00 bits per heavy atom. The molecule has 0 aliphatic carbocycles. The topological polar surface area (TPSA) is 39.1 Å². The van der Waals surface area contributed by atoms with Crippen molar-refractivity contribution >= 4 is 0 Å². The maximum absolute atomic E-state index is 5.05. The van der Waals surface area contributed by atoms with E-state index in [4.69, 9.17) is 9.84 Å². The van der Waals surface area contributed by atoms with E-state index in [1.807, 2.05) is 0 Å². The number of hydrogen-bond donors (Lipinski definition) is 1. The normalized spacial score (nSPS) is 11.4. The van der Waals surface area contributed by atoms with Crippen LogP contribution in [0.5, 0.6) is 0 Å². The van der Waals surface area contributed by atoms with Crippen molar-refractivity contribution in [2.75, 3.05) is 20.3 Å². The van der Waals surface area contributed by atoms with Gasteiger partial charge in [0.2, 0.25) is 0 Å². The molecule has 0 amide bonds. The zero-order chi connectivity index (χ0) is 13.5. The van der Waals surface area contributed by atoms with E-state index in [1.54, 1.807) is 7.11 Å². The largest absolute Gasteiger partial charge is 0.383 e. The predicted molar refractivity (Wildman–Crippen MR) is 75.0 cm³/mol. The summed E-state index contributed by atoms with van der Waals surface area (Å²) in [6, 6.07) is 0.429. The van der Waals surface area contributed by atoms with Crippen molar-refractivity contribution in [2.45, 2.75) is 53.1 Å². The SMILES string of the molecule is CCc1nn(C(C)C)c(CC)c1CNCCOC. The zero-order valence-corrected chi connectivity index (χ0v) is 12.4. The number of aromatic nitrogens is 2. The second-order valence-corrected chi connectivity index (χ2v) is 4.79. The zero-order valence-electron chi connectivity index (χ0n) is 12.4. The number of aryl methyl sites for hydroxylation is 1. The molecule has 1 N–H and O–H groups in total. The van der Waals surface area contributed by atoms with Gasteiger partial charge in [-0.1, -0.05) is 13.8 Å². The van der Waals surface area contributed by atoms with Crippen LogP contribution >= 0.6 is 0 Å². The van der Waals surface area contributed by atoms with Crippen LogP contribution in [-0.4, -0.2) is 30.0 Å². The highest BCUT2D eigenvalue weighted by atomic mass is 16.5. The van der Waals surface area contributed by atoms with E-state index in [0.717, 1.165) is 32.5 Å². The first-order valence-corrected chi connectivity index (χ1v) is 6.94. The summed E-state index contributed by atoms with van der Waals surface area (Å²) in [4.78, 5) is 0. The van der Waals surface area contributed by atoms with Crippen molar-refractivity contribution in [3.63, 3.8) is 0 Å². The van der Waals surface area contributed by atoms with Gasteiger partial charge >= 0.3 is 0 Å². The van der Waals surface area contributed by atoms with Crippen molar-refractivity contribution in [1.29, 1.82) is 0 Å². The fourth-order valence-corrected chi connectivity index (χ4v) is 2.23. The average molecular weight is 253 g/mol. The third-order valence-electron chi connectivity index (χ3n) is 3.15. The fourth-order valence-electron chi connectivity index (χ4n) is 2.23. The molecule has 0 aliphatic rings. The molecule has 1 aromatic heterocycles. The summed E-state index contributed by atoms with van der Waals surface area (Å²) in [7, 11) is 1.73. The Morgan fingerprint density at radius 3 is 2.50 bits per heavy atom. The minimum Gasteiger partial charge on any atom is -0.383 e. The molecular formula is C14H27N3O. The summed E-state index contributed by atoms with van der Waals surface area (Å²) in [6.07, 6.45) is 2.03. The van der Waals surface area contributed by atoms with Crippen molar-refractivity contribution in [1.82, 2.24) is 15.1 Å². The molecule has 0 bridgehead atoms. The fraction of sp³-hybridized carbons (Fsp3) is 0.786. The number of hydrogen-bond acceptors (Lipinski definition) is 3. The summed E-state index contributed by atoms with van der Waals surface area (Å²) >= 11 is 0. The van der Waals surface area contributed by atoms with Crippen LogP contribution in [0.4, 0.5) is 0 Å². The first-order valence-electron chi connectivity index (χ1n) is 6.94. The molecule has 1 rings (SSSR count). The van der Waals surface area contributed by atoms with Gasteiger partial charge in [-0.15, -0.1) is 0 Å². The molecule has 0 aliphatic heterocycles. The third-order valence-corrected chi connectivity index (χ3v) is 3.15. The number of methoxy groups -OCH3 is 1. The van der Waals surface area contributed by atoms with E-state index in [1.165, 1.54) is 17.0 Å². The Bertz CT molecular complexity index is 358. The second-order valence-electron chi connectivity index (χ2n) is 4.79. The first-order chi connectivity index (χ1) is 8.65. The molecule has 0 unspecified atom stereocenters. The smallest absolute Gasteiger partial charge is 0.0669 e. The van der Waals surface area contributed by atoms with Crippen molar-refractivity contribution < 1.29 is 4.74 Å². The van der Waals surface area contributed by atoms with Crippen LogP contribution in [0.2, 0.25) is 0 Å². The maximum Gasteiger partial charge on any atom is 0.0669 e. The Labute approximate surface area is 111 Å². The van der Waals surface area contributed by atoms with Crippen molar-refractivity contribution in [3.05, 3.63) is 17.0 Å². The van der Waals surface area contributed by atoms with Crippen LogP contribution in [0.1, 0.15) is 50.7 Å². The van der Waals surface area contributed by atoms with Crippen molar-refractivity contribution in [3.8, 4) is 0 Å². The molecule has 0 spiro atoms. The lowest BCUT2D eigenvalue weighted by Crippen LogP contribution is -2.20. The third kappa shape index (κ3) is 3.56. The van der Waals surface area contributed by atoms with Gasteiger partial charge in [0.1, 0.15) is 0 Å². The Hall–Kier alpha value is -0.870. The van der Waals surface area contributed by atoms with Gasteiger partial charge in [0.05, 0.1) is 12.3 Å². The van der Waals surface area contributed by atoms with Gasteiger partial charge in [-0.05, 0) is 26.7 Å². The van der Waals surface area contributed by atoms with Gasteiger partial charge in [-0.2, -0.15) is 5.10 Å². The van der Waals surface area contributed by atoms with E-state index >= 15 is 0 Å². The molecule has 4 nitrogen and oxygen atoms in total. The van der Waals surface area contributed by atoms with E-state index in [0.29, 0.717) is 6.04 Å². The minimum absolute atomic E-state index is 0.429. The average Bonchev–Trinajstić information content (AvgIpc) is 2.72. The summed E-state index contributed by atoms with van der Waals surface area (Å²) in [5, 5.41) is 8.17. The van der Waals surface area contributed by atoms with Gasteiger partial charge in [0, 0.05) is 37.5 Å². The van der Waals surface area contributed by atoms with E-state index < -0.39 is 0 Å². The molecule has 104 valence electrons. The van der Waals surface area contributed by atoms with E-state index in [2.05, 4.69) is 37.7 Å². The van der Waals surface area contributed by atoms with Crippen LogP contribution in [0.15, 0.2) is 0 Å². The minimum atomic E-state index is 0.429. The quantitative estimate of drug-likeness (QED) is 0.723. The molecule has 0 aromatic carbocycles. The number of rotatable bonds is 8. The summed E-state index contributed by atoms with van der Waals surface area (Å²) in [6.45, 7) is 11.3. The van der Waals surface area contributed by atoms with Crippen LogP contribution in [0, 0.1) is 0 Å². The molecular weight excluding hydrogens is 226 g/mol. The number of nitrogens with zero attached hydrogens (tertiary/aromatic N) is 2. The monoisotopic (exact) mass is 253 g/mol. The summed E-state index contributed by atoms with van der Waals surface area (Å²) < 4.78 is 7.23. The maximum atomic E-state index is 5.05. The molecule has 1 aromatic rings. The number of nitrogens with one attached hydrogen (secondary N) is 1. The summed E-state index contributed by atoms with van der Waals surface area (Å²) in [5.41, 5.74) is 3.97. The molecule has 0 saturated heterocycles. The van der Waals surface area contributed by atoms with E-state index in [9.17, 15) is 0 Å². The summed E-state index contributed by atoms with van der Waals surface area (Å²) in [5.74, 6) is 0. The Kier molecular flexibility index (Phi) is 6.36. The van der Waals surface area contributed by atoms with Gasteiger partial charge in [0.25, 0.3) is 0 Å². The molecule has 0 atom stereocenters. The molecule has 0 fully saturated rings. The standard InChI is InChI=1S/C14H27N3O/c1-6-13-12(10-15-8-9-18-5)14(7-2)17(16-13)11(3)4/h11,15H,6-10H2,1-5H3. The molecule has 1 heterocycles. The van der Waals surface area contributed by atoms with Crippen LogP contribution in [0.3, 0.4) is 0 Å².